The molecule has 0 aromatic carbocycles. The molecule has 0 N–H and O–H groups in total. The molecule has 0 aliphatic rings. The highest BCUT2D eigenvalue weighted by Gasteiger charge is 2.12. The zero-order chi connectivity index (χ0) is 18.4. The third-order valence-corrected chi connectivity index (χ3v) is 3.16. The van der Waals surface area contributed by atoms with Gasteiger partial charge in [0.15, 0.2) is 0 Å². The lowest BCUT2D eigenvalue weighted by molar-refractivity contribution is -0.151. The van der Waals surface area contributed by atoms with E-state index in [0.29, 0.717) is 25.9 Å². The second-order valence-corrected chi connectivity index (χ2v) is 5.48. The molecule has 0 saturated carbocycles. The second kappa shape index (κ2) is 13.5. The van der Waals surface area contributed by atoms with E-state index in [1.165, 1.54) is 0 Å². The molecular weight excluding hydrogens is 314 g/mol. The number of likely N-dealkylation sites (N-methyl/N-ethyl adjacent to an activating group) is 1. The van der Waals surface area contributed by atoms with E-state index in [-0.39, 0.29) is 37.7 Å². The molecule has 1 unspecified atom stereocenters. The number of hydrogen-bond donors (Lipinski definition) is 0. The van der Waals surface area contributed by atoms with Crippen molar-refractivity contribution in [1.29, 1.82) is 0 Å². The summed E-state index contributed by atoms with van der Waals surface area (Å²) in [6.45, 7) is 8.51. The van der Waals surface area contributed by atoms with E-state index >= 15 is 0 Å². The Kier molecular flexibility index (Phi) is 12.5. The molecule has 0 amide bonds. The van der Waals surface area contributed by atoms with Gasteiger partial charge in [0.2, 0.25) is 0 Å². The molecule has 7 heteroatoms. The summed E-state index contributed by atoms with van der Waals surface area (Å²) in [6.07, 6.45) is 2.69. The smallest absolute Gasteiger partial charge is 0.330 e. The monoisotopic (exact) mass is 343 g/mol. The molecule has 0 aromatic heterocycles. The van der Waals surface area contributed by atoms with E-state index in [2.05, 4.69) is 6.58 Å². The third-order valence-electron chi connectivity index (χ3n) is 3.16. The lowest BCUT2D eigenvalue weighted by Crippen LogP contribution is -2.28. The number of nitrogens with zero attached hydrogens (tertiary/aromatic N) is 1. The molecule has 0 fully saturated rings. The summed E-state index contributed by atoms with van der Waals surface area (Å²) in [7, 11) is 1.83. The quantitative estimate of drug-likeness (QED) is 0.286. The largest absolute Gasteiger partial charge is 0.466 e. The number of carbonyl (C=O) groups excluding carboxylic acids is 3. The van der Waals surface area contributed by atoms with Crippen LogP contribution in [-0.2, 0) is 28.6 Å². The van der Waals surface area contributed by atoms with Crippen molar-refractivity contribution in [2.24, 2.45) is 0 Å². The van der Waals surface area contributed by atoms with Gasteiger partial charge in [-0.1, -0.05) is 13.5 Å². The first-order valence-corrected chi connectivity index (χ1v) is 8.21. The highest BCUT2D eigenvalue weighted by Crippen LogP contribution is 2.02. The molecule has 0 spiro atoms. The molecule has 138 valence electrons. The van der Waals surface area contributed by atoms with Crippen molar-refractivity contribution < 1.29 is 28.6 Å². The lowest BCUT2D eigenvalue weighted by atomic mass is 10.3. The van der Waals surface area contributed by atoms with Crippen LogP contribution in [0.4, 0.5) is 0 Å². The van der Waals surface area contributed by atoms with Crippen LogP contribution in [0.1, 0.15) is 39.5 Å². The van der Waals surface area contributed by atoms with Crippen LogP contribution in [0.3, 0.4) is 0 Å². The van der Waals surface area contributed by atoms with Gasteiger partial charge in [0, 0.05) is 32.0 Å². The predicted octanol–water partition coefficient (Wildman–Crippen LogP) is 1.70. The van der Waals surface area contributed by atoms with Crippen molar-refractivity contribution in [2.45, 2.75) is 45.6 Å². The van der Waals surface area contributed by atoms with Gasteiger partial charge in [0.05, 0.1) is 13.0 Å². The van der Waals surface area contributed by atoms with Gasteiger partial charge in [-0.05, 0) is 20.4 Å². The van der Waals surface area contributed by atoms with Crippen molar-refractivity contribution in [3.8, 4) is 0 Å². The summed E-state index contributed by atoms with van der Waals surface area (Å²) >= 11 is 0. The van der Waals surface area contributed by atoms with Gasteiger partial charge in [-0.15, -0.1) is 0 Å². The Labute approximate surface area is 143 Å². The van der Waals surface area contributed by atoms with E-state index in [4.69, 9.17) is 14.2 Å². The predicted molar refractivity (Wildman–Crippen MR) is 89.3 cm³/mol. The molecule has 24 heavy (non-hydrogen) atoms. The zero-order valence-electron chi connectivity index (χ0n) is 14.9. The van der Waals surface area contributed by atoms with Crippen LogP contribution in [0, 0.1) is 0 Å². The van der Waals surface area contributed by atoms with Gasteiger partial charge in [0.25, 0.3) is 0 Å². The Morgan fingerprint density at radius 3 is 2.42 bits per heavy atom. The van der Waals surface area contributed by atoms with E-state index in [1.807, 2.05) is 18.9 Å². The Bertz CT molecular complexity index is 410. The standard InChI is InChI=1S/C17H29NO6/c1-5-7-16(20)22-12-9-14(3)24-17(21)8-10-18(4)11-13-23-15(19)6-2/h6,14H,2,5,7-13H2,1,3-4H3. The lowest BCUT2D eigenvalue weighted by Gasteiger charge is -2.17. The van der Waals surface area contributed by atoms with Crippen molar-refractivity contribution in [3.63, 3.8) is 0 Å². The average Bonchev–Trinajstić information content (AvgIpc) is 2.53. The van der Waals surface area contributed by atoms with Crippen molar-refractivity contribution in [2.75, 3.05) is 33.4 Å². The normalized spacial score (nSPS) is 11.7. The first-order valence-electron chi connectivity index (χ1n) is 8.21. The second-order valence-electron chi connectivity index (χ2n) is 5.48. The molecule has 0 bridgehead atoms. The van der Waals surface area contributed by atoms with E-state index < -0.39 is 5.97 Å². The fraction of sp³-hybridized carbons (Fsp3) is 0.706. The maximum Gasteiger partial charge on any atom is 0.330 e. The van der Waals surface area contributed by atoms with Crippen LogP contribution >= 0.6 is 0 Å². The third kappa shape index (κ3) is 12.6. The first-order chi connectivity index (χ1) is 11.4. The first kappa shape index (κ1) is 22.1. The minimum atomic E-state index is -0.462. The molecule has 0 heterocycles. The summed E-state index contributed by atoms with van der Waals surface area (Å²) in [6, 6.07) is 0. The molecule has 0 radical (unpaired) electrons. The average molecular weight is 343 g/mol. The number of carbonyl (C=O) groups is 3. The Morgan fingerprint density at radius 1 is 1.08 bits per heavy atom. The maximum absolute atomic E-state index is 11.7. The topological polar surface area (TPSA) is 82.1 Å². The van der Waals surface area contributed by atoms with Gasteiger partial charge in [-0.3, -0.25) is 9.59 Å². The van der Waals surface area contributed by atoms with Gasteiger partial charge in [0.1, 0.15) is 12.7 Å². The number of rotatable bonds is 13. The van der Waals surface area contributed by atoms with Crippen molar-refractivity contribution in [1.82, 2.24) is 4.90 Å². The van der Waals surface area contributed by atoms with Crippen molar-refractivity contribution >= 4 is 17.9 Å². The molecule has 0 rings (SSSR count). The highest BCUT2D eigenvalue weighted by molar-refractivity contribution is 5.81. The van der Waals surface area contributed by atoms with E-state index in [1.54, 1.807) is 6.92 Å². The molecular formula is C17H29NO6. The van der Waals surface area contributed by atoms with Gasteiger partial charge < -0.3 is 19.1 Å². The Morgan fingerprint density at radius 2 is 1.79 bits per heavy atom. The van der Waals surface area contributed by atoms with Crippen LogP contribution in [0.25, 0.3) is 0 Å². The van der Waals surface area contributed by atoms with Crippen LogP contribution in [0.5, 0.6) is 0 Å². The van der Waals surface area contributed by atoms with E-state index in [0.717, 1.165) is 12.5 Å². The Hall–Kier alpha value is -1.89. The van der Waals surface area contributed by atoms with Crippen LogP contribution < -0.4 is 0 Å². The zero-order valence-corrected chi connectivity index (χ0v) is 14.9. The molecule has 0 saturated heterocycles. The molecule has 0 aromatic rings. The maximum atomic E-state index is 11.7. The SMILES string of the molecule is C=CC(=O)OCCN(C)CCC(=O)OC(C)CCOC(=O)CCC. The number of ether oxygens (including phenoxy) is 3. The summed E-state index contributed by atoms with van der Waals surface area (Å²) in [5.41, 5.74) is 0. The van der Waals surface area contributed by atoms with Crippen LogP contribution in [0.2, 0.25) is 0 Å². The van der Waals surface area contributed by atoms with Gasteiger partial charge >= 0.3 is 17.9 Å². The van der Waals surface area contributed by atoms with Gasteiger partial charge in [-0.25, -0.2) is 4.79 Å². The molecule has 1 atom stereocenters. The minimum Gasteiger partial charge on any atom is -0.466 e. The fourth-order valence-electron chi connectivity index (χ4n) is 1.71. The fourth-order valence-corrected chi connectivity index (χ4v) is 1.71. The van der Waals surface area contributed by atoms with Gasteiger partial charge in [-0.2, -0.15) is 0 Å². The number of hydrogen-bond acceptors (Lipinski definition) is 7. The molecule has 7 nitrogen and oxygen atoms in total. The highest BCUT2D eigenvalue weighted by atomic mass is 16.6. The summed E-state index contributed by atoms with van der Waals surface area (Å²) in [4.78, 5) is 35.7. The van der Waals surface area contributed by atoms with Crippen LogP contribution in [-0.4, -0.2) is 62.3 Å². The van der Waals surface area contributed by atoms with E-state index in [9.17, 15) is 14.4 Å². The summed E-state index contributed by atoms with van der Waals surface area (Å²) < 4.78 is 15.1. The summed E-state index contributed by atoms with van der Waals surface area (Å²) in [5.74, 6) is -0.997. The minimum absolute atomic E-state index is 0.227. The van der Waals surface area contributed by atoms with Crippen LogP contribution in [0.15, 0.2) is 12.7 Å². The number of esters is 3. The molecule has 0 aliphatic carbocycles. The molecule has 0 aliphatic heterocycles. The Balaban J connectivity index is 3.74. The van der Waals surface area contributed by atoms with Crippen molar-refractivity contribution in [3.05, 3.63) is 12.7 Å². The summed E-state index contributed by atoms with van der Waals surface area (Å²) in [5, 5.41) is 0.